The Kier molecular flexibility index (Phi) is 4.15. The highest BCUT2D eigenvalue weighted by Gasteiger charge is 2.51. The van der Waals surface area contributed by atoms with Crippen molar-refractivity contribution in [3.05, 3.63) is 119 Å². The molecular formula is C23H19NO2. The molecule has 1 unspecified atom stereocenters. The van der Waals surface area contributed by atoms with E-state index in [2.05, 4.69) is 0 Å². The van der Waals surface area contributed by atoms with E-state index in [0.717, 1.165) is 27.0 Å². The van der Waals surface area contributed by atoms with Gasteiger partial charge in [0.1, 0.15) is 0 Å². The van der Waals surface area contributed by atoms with Crippen LogP contribution < -0.4 is 0 Å². The molecule has 0 saturated heterocycles. The average Bonchev–Trinajstić information content (AvgIpc) is 3.03. The van der Waals surface area contributed by atoms with Crippen molar-refractivity contribution in [2.24, 2.45) is 0 Å². The fourth-order valence-corrected chi connectivity index (χ4v) is 3.53. The second kappa shape index (κ2) is 6.62. The topological polar surface area (TPSA) is 35.3 Å². The normalized spacial score (nSPS) is 19.5. The molecule has 0 aliphatic carbocycles. The summed E-state index contributed by atoms with van der Waals surface area (Å²) in [6.45, 7) is 0. The number of ether oxygens (including phenoxy) is 1. The minimum absolute atomic E-state index is 0.593. The molecule has 0 aromatic heterocycles. The zero-order valence-electron chi connectivity index (χ0n) is 14.5. The molecule has 26 heavy (non-hydrogen) atoms. The van der Waals surface area contributed by atoms with Gasteiger partial charge in [0.15, 0.2) is 0 Å². The van der Waals surface area contributed by atoms with Gasteiger partial charge in [-0.3, -0.25) is 0 Å². The maximum atomic E-state index is 13.5. The third-order valence-corrected chi connectivity index (χ3v) is 4.77. The van der Waals surface area contributed by atoms with Gasteiger partial charge in [0, 0.05) is 18.7 Å². The highest BCUT2D eigenvalue weighted by Crippen LogP contribution is 2.44. The number of rotatable bonds is 4. The van der Waals surface area contributed by atoms with E-state index < -0.39 is 5.72 Å². The van der Waals surface area contributed by atoms with Crippen LogP contribution in [-0.4, -0.2) is 17.6 Å². The molecule has 0 radical (unpaired) electrons. The Bertz CT molecular complexity index is 963. The molecule has 1 aliphatic rings. The zero-order valence-corrected chi connectivity index (χ0v) is 14.5. The maximum Gasteiger partial charge on any atom is 0.332 e. The van der Waals surface area contributed by atoms with E-state index in [9.17, 15) is 5.21 Å². The number of hydroxylamine groups is 1. The van der Waals surface area contributed by atoms with Crippen molar-refractivity contribution in [2.75, 3.05) is 7.11 Å². The van der Waals surface area contributed by atoms with Gasteiger partial charge in [0.2, 0.25) is 5.71 Å². The van der Waals surface area contributed by atoms with Crippen LogP contribution in [-0.2, 0) is 10.5 Å². The van der Waals surface area contributed by atoms with Crippen molar-refractivity contribution < 1.29 is 9.48 Å². The molecule has 0 fully saturated rings. The van der Waals surface area contributed by atoms with Gasteiger partial charge < -0.3 is 9.94 Å². The largest absolute Gasteiger partial charge is 0.621 e. The summed E-state index contributed by atoms with van der Waals surface area (Å²) < 4.78 is 6.93. The molecule has 0 bridgehead atoms. The lowest BCUT2D eigenvalue weighted by Crippen LogP contribution is -2.38. The number of methoxy groups -OCH3 is 1. The highest BCUT2D eigenvalue weighted by molar-refractivity contribution is 6.12. The quantitative estimate of drug-likeness (QED) is 0.514. The number of nitrogens with zero attached hydrogens (tertiary/aromatic N) is 1. The molecule has 128 valence electrons. The van der Waals surface area contributed by atoms with Crippen molar-refractivity contribution in [1.82, 2.24) is 0 Å². The van der Waals surface area contributed by atoms with Gasteiger partial charge in [-0.1, -0.05) is 66.7 Å². The molecule has 3 aromatic carbocycles. The second-order valence-electron chi connectivity index (χ2n) is 6.18. The van der Waals surface area contributed by atoms with Gasteiger partial charge in [0.25, 0.3) is 0 Å². The van der Waals surface area contributed by atoms with Crippen LogP contribution in [0.3, 0.4) is 0 Å². The van der Waals surface area contributed by atoms with Gasteiger partial charge >= 0.3 is 5.72 Å². The third kappa shape index (κ3) is 2.45. The predicted molar refractivity (Wildman–Crippen MR) is 104 cm³/mol. The average molecular weight is 341 g/mol. The lowest BCUT2D eigenvalue weighted by atomic mass is 9.90. The van der Waals surface area contributed by atoms with E-state index in [1.807, 2.05) is 97.1 Å². The Balaban J connectivity index is 1.99. The summed E-state index contributed by atoms with van der Waals surface area (Å²) in [5.41, 5.74) is 2.85. The lowest BCUT2D eigenvalue weighted by molar-refractivity contribution is -0.594. The van der Waals surface area contributed by atoms with Crippen LogP contribution in [0.4, 0.5) is 0 Å². The molecule has 3 heteroatoms. The van der Waals surface area contributed by atoms with Crippen LogP contribution in [0.5, 0.6) is 0 Å². The first-order valence-corrected chi connectivity index (χ1v) is 8.55. The molecule has 3 aromatic rings. The van der Waals surface area contributed by atoms with E-state index >= 15 is 0 Å². The molecule has 0 N–H and O–H groups in total. The fourth-order valence-electron chi connectivity index (χ4n) is 3.53. The molecule has 4 rings (SSSR count). The summed E-state index contributed by atoms with van der Waals surface area (Å²) in [4.78, 5) is 0. The Hall–Kier alpha value is -3.17. The standard InChI is InChI=1S/C23H19NO2/c1-26-23(20-15-9-4-10-16-20)21(18-11-5-2-6-12-18)17-22(24(23)25)19-13-7-3-8-14-19/h2-17H,1H3. The van der Waals surface area contributed by atoms with Crippen molar-refractivity contribution in [2.45, 2.75) is 5.72 Å². The molecule has 1 aliphatic heterocycles. The van der Waals surface area contributed by atoms with Crippen LogP contribution in [0.25, 0.3) is 5.57 Å². The first-order chi connectivity index (χ1) is 12.8. The smallest absolute Gasteiger partial charge is 0.332 e. The summed E-state index contributed by atoms with van der Waals surface area (Å²) >= 11 is 0. The van der Waals surface area contributed by atoms with Crippen LogP contribution in [0.2, 0.25) is 0 Å². The van der Waals surface area contributed by atoms with Crippen molar-refractivity contribution >= 4 is 11.3 Å². The molecular weight excluding hydrogens is 322 g/mol. The lowest BCUT2D eigenvalue weighted by Gasteiger charge is -2.30. The van der Waals surface area contributed by atoms with Crippen LogP contribution >= 0.6 is 0 Å². The molecule has 1 atom stereocenters. The number of hydrogen-bond donors (Lipinski definition) is 0. The van der Waals surface area contributed by atoms with Gasteiger partial charge in [-0.15, -0.1) is 0 Å². The Morgan fingerprint density at radius 1 is 0.731 bits per heavy atom. The minimum Gasteiger partial charge on any atom is -0.621 e. The first kappa shape index (κ1) is 16.3. The van der Waals surface area contributed by atoms with E-state index in [1.165, 1.54) is 0 Å². The van der Waals surface area contributed by atoms with E-state index in [0.29, 0.717) is 5.71 Å². The van der Waals surface area contributed by atoms with Gasteiger partial charge in [-0.05, 0) is 29.8 Å². The van der Waals surface area contributed by atoms with Crippen molar-refractivity contribution in [3.8, 4) is 0 Å². The number of allylic oxidation sites excluding steroid dienone is 1. The summed E-state index contributed by atoms with van der Waals surface area (Å²) in [7, 11) is 1.59. The highest BCUT2D eigenvalue weighted by atomic mass is 16.6. The van der Waals surface area contributed by atoms with Crippen molar-refractivity contribution in [3.63, 3.8) is 0 Å². The molecule has 0 amide bonds. The maximum absolute atomic E-state index is 13.5. The molecule has 3 nitrogen and oxygen atoms in total. The Morgan fingerprint density at radius 3 is 1.77 bits per heavy atom. The van der Waals surface area contributed by atoms with Crippen LogP contribution in [0.1, 0.15) is 16.7 Å². The summed E-state index contributed by atoms with van der Waals surface area (Å²) in [5.74, 6) is 0. The first-order valence-electron chi connectivity index (χ1n) is 8.55. The third-order valence-electron chi connectivity index (χ3n) is 4.77. The van der Waals surface area contributed by atoms with Gasteiger partial charge in [0.05, 0.1) is 11.1 Å². The number of hydrogen-bond acceptors (Lipinski definition) is 2. The van der Waals surface area contributed by atoms with Crippen LogP contribution in [0.15, 0.2) is 97.1 Å². The van der Waals surface area contributed by atoms with Crippen molar-refractivity contribution in [1.29, 1.82) is 0 Å². The van der Waals surface area contributed by atoms with E-state index in [-0.39, 0.29) is 0 Å². The Morgan fingerprint density at radius 2 is 1.23 bits per heavy atom. The van der Waals surface area contributed by atoms with Crippen LogP contribution in [0, 0.1) is 5.21 Å². The monoisotopic (exact) mass is 341 g/mol. The minimum atomic E-state index is -1.21. The van der Waals surface area contributed by atoms with Gasteiger partial charge in [-0.2, -0.15) is 4.74 Å². The summed E-state index contributed by atoms with van der Waals surface area (Å²) in [6.07, 6.45) is 1.94. The Labute approximate surface area is 153 Å². The number of benzene rings is 3. The van der Waals surface area contributed by atoms with Gasteiger partial charge in [-0.25, -0.2) is 0 Å². The molecule has 0 saturated carbocycles. The SMILES string of the molecule is COC1(c2ccccc2)C(c2ccccc2)=CC(c2ccccc2)=[N+]1[O-]. The molecule has 1 heterocycles. The molecule has 0 spiro atoms. The summed E-state index contributed by atoms with van der Waals surface area (Å²) in [6, 6.07) is 29.2. The van der Waals surface area contributed by atoms with E-state index in [1.54, 1.807) is 7.11 Å². The predicted octanol–water partition coefficient (Wildman–Crippen LogP) is 4.58. The zero-order chi connectivity index (χ0) is 18.0. The summed E-state index contributed by atoms with van der Waals surface area (Å²) in [5, 5.41) is 13.5. The van der Waals surface area contributed by atoms with E-state index in [4.69, 9.17) is 4.74 Å². The fraction of sp³-hybridized carbons (Fsp3) is 0.0870. The second-order valence-corrected chi connectivity index (χ2v) is 6.18.